The van der Waals surface area contributed by atoms with E-state index in [0.717, 1.165) is 11.3 Å². The topological polar surface area (TPSA) is 24.1 Å². The van der Waals surface area contributed by atoms with E-state index in [4.69, 9.17) is 12.2 Å². The van der Waals surface area contributed by atoms with Gasteiger partial charge in [-0.3, -0.25) is 0 Å². The number of hydrogen-bond donors (Lipinski definition) is 2. The van der Waals surface area contributed by atoms with Gasteiger partial charge in [-0.05, 0) is 61.5 Å². The summed E-state index contributed by atoms with van der Waals surface area (Å²) in [6, 6.07) is 14.4. The monoisotopic (exact) mass is 288 g/mol. The normalized spacial score (nSPS) is 11.8. The lowest BCUT2D eigenvalue weighted by Gasteiger charge is -2.17. The predicted octanol–water partition coefficient (Wildman–Crippen LogP) is 4.18. The molecule has 0 saturated heterocycles. The zero-order valence-electron chi connectivity index (χ0n) is 11.5. The minimum absolute atomic E-state index is 0.0143. The first kappa shape index (κ1) is 14.5. The minimum atomic E-state index is -0.235. The van der Waals surface area contributed by atoms with Gasteiger partial charge in [-0.2, -0.15) is 0 Å². The number of aryl methyl sites for hydroxylation is 1. The van der Waals surface area contributed by atoms with Gasteiger partial charge in [-0.1, -0.05) is 24.3 Å². The maximum Gasteiger partial charge on any atom is 0.171 e. The zero-order valence-corrected chi connectivity index (χ0v) is 12.3. The molecule has 20 heavy (non-hydrogen) atoms. The van der Waals surface area contributed by atoms with Gasteiger partial charge in [0.15, 0.2) is 5.11 Å². The van der Waals surface area contributed by atoms with Gasteiger partial charge in [0.1, 0.15) is 5.82 Å². The molecule has 4 heteroatoms. The van der Waals surface area contributed by atoms with Crippen molar-refractivity contribution in [2.24, 2.45) is 0 Å². The van der Waals surface area contributed by atoms with E-state index >= 15 is 0 Å². The Kier molecular flexibility index (Phi) is 4.69. The van der Waals surface area contributed by atoms with Crippen molar-refractivity contribution in [3.8, 4) is 0 Å². The molecule has 0 heterocycles. The molecule has 0 amide bonds. The molecule has 0 spiro atoms. The van der Waals surface area contributed by atoms with E-state index in [-0.39, 0.29) is 11.9 Å². The largest absolute Gasteiger partial charge is 0.356 e. The number of benzene rings is 2. The molecule has 0 fully saturated rings. The van der Waals surface area contributed by atoms with Gasteiger partial charge in [0, 0.05) is 5.69 Å². The van der Waals surface area contributed by atoms with E-state index in [1.165, 1.54) is 17.7 Å². The quantitative estimate of drug-likeness (QED) is 0.828. The summed E-state index contributed by atoms with van der Waals surface area (Å²) >= 11 is 5.29. The Hall–Kier alpha value is -1.94. The lowest BCUT2D eigenvalue weighted by molar-refractivity contribution is 0.624. The summed E-state index contributed by atoms with van der Waals surface area (Å²) in [4.78, 5) is 0. The minimum Gasteiger partial charge on any atom is -0.356 e. The summed E-state index contributed by atoms with van der Waals surface area (Å²) in [7, 11) is 0. The fraction of sp³-hybridized carbons (Fsp3) is 0.188. The molecule has 2 rings (SSSR count). The molecule has 0 aliphatic heterocycles. The summed E-state index contributed by atoms with van der Waals surface area (Å²) < 4.78 is 12.9. The lowest BCUT2D eigenvalue weighted by atomic mass is 10.1. The van der Waals surface area contributed by atoms with Crippen LogP contribution in [0.15, 0.2) is 48.5 Å². The first-order valence-corrected chi connectivity index (χ1v) is 6.85. The highest BCUT2D eigenvalue weighted by atomic mass is 32.1. The molecule has 2 N–H and O–H groups in total. The highest BCUT2D eigenvalue weighted by Gasteiger charge is 2.07. The summed E-state index contributed by atoms with van der Waals surface area (Å²) in [5, 5.41) is 6.87. The molecule has 2 nitrogen and oxygen atoms in total. The summed E-state index contributed by atoms with van der Waals surface area (Å²) in [6.07, 6.45) is 0. The van der Waals surface area contributed by atoms with Crippen molar-refractivity contribution in [2.75, 3.05) is 5.32 Å². The fourth-order valence-corrected chi connectivity index (χ4v) is 2.22. The molecular formula is C16H17FN2S. The van der Waals surface area contributed by atoms with Crippen LogP contribution in [0, 0.1) is 12.7 Å². The van der Waals surface area contributed by atoms with Crippen LogP contribution < -0.4 is 10.6 Å². The van der Waals surface area contributed by atoms with Crippen molar-refractivity contribution >= 4 is 23.0 Å². The standard InChI is InChI=1S/C16H17FN2S/c1-11-4-3-5-15(10-11)19-16(20)18-12(2)13-6-8-14(17)9-7-13/h3-10,12H,1-2H3,(H2,18,19,20)/t12-/m1/s1. The van der Waals surface area contributed by atoms with Crippen molar-refractivity contribution in [3.63, 3.8) is 0 Å². The maximum atomic E-state index is 12.9. The van der Waals surface area contributed by atoms with Gasteiger partial charge >= 0.3 is 0 Å². The lowest BCUT2D eigenvalue weighted by Crippen LogP contribution is -2.30. The Labute approximate surface area is 124 Å². The Morgan fingerprint density at radius 2 is 1.85 bits per heavy atom. The van der Waals surface area contributed by atoms with Gasteiger partial charge in [-0.15, -0.1) is 0 Å². The van der Waals surface area contributed by atoms with Crippen LogP contribution in [0.1, 0.15) is 24.1 Å². The molecule has 0 aromatic heterocycles. The van der Waals surface area contributed by atoms with E-state index in [2.05, 4.69) is 10.6 Å². The first-order valence-electron chi connectivity index (χ1n) is 6.44. The number of rotatable bonds is 3. The van der Waals surface area contributed by atoms with E-state index in [0.29, 0.717) is 5.11 Å². The van der Waals surface area contributed by atoms with Gasteiger partial charge in [0.2, 0.25) is 0 Å². The maximum absolute atomic E-state index is 12.9. The van der Waals surface area contributed by atoms with Crippen LogP contribution in [0.25, 0.3) is 0 Å². The van der Waals surface area contributed by atoms with Gasteiger partial charge in [-0.25, -0.2) is 4.39 Å². The van der Waals surface area contributed by atoms with E-state index < -0.39 is 0 Å². The molecule has 0 unspecified atom stereocenters. The molecule has 2 aromatic rings. The third kappa shape index (κ3) is 4.03. The Bertz CT molecular complexity index is 596. The second-order valence-corrected chi connectivity index (χ2v) is 5.15. The third-order valence-electron chi connectivity index (χ3n) is 2.99. The Balaban J connectivity index is 1.95. The molecule has 0 aliphatic carbocycles. The zero-order chi connectivity index (χ0) is 14.5. The van der Waals surface area contributed by atoms with Crippen molar-refractivity contribution in [1.29, 1.82) is 0 Å². The van der Waals surface area contributed by atoms with Crippen molar-refractivity contribution in [3.05, 3.63) is 65.5 Å². The highest BCUT2D eigenvalue weighted by molar-refractivity contribution is 7.80. The van der Waals surface area contributed by atoms with Crippen molar-refractivity contribution in [2.45, 2.75) is 19.9 Å². The highest BCUT2D eigenvalue weighted by Crippen LogP contribution is 2.14. The van der Waals surface area contributed by atoms with Crippen LogP contribution in [0.3, 0.4) is 0 Å². The van der Waals surface area contributed by atoms with Crippen molar-refractivity contribution < 1.29 is 4.39 Å². The average Bonchev–Trinajstić information content (AvgIpc) is 2.39. The fourth-order valence-electron chi connectivity index (χ4n) is 1.92. The van der Waals surface area contributed by atoms with E-state index in [1.807, 2.05) is 38.1 Å². The molecule has 104 valence electrons. The third-order valence-corrected chi connectivity index (χ3v) is 3.21. The van der Waals surface area contributed by atoms with Crippen molar-refractivity contribution in [1.82, 2.24) is 5.32 Å². The molecular weight excluding hydrogens is 271 g/mol. The molecule has 0 aliphatic rings. The molecule has 2 aromatic carbocycles. The molecule has 0 radical (unpaired) electrons. The second-order valence-electron chi connectivity index (χ2n) is 4.74. The van der Waals surface area contributed by atoms with Crippen LogP contribution in [-0.4, -0.2) is 5.11 Å². The number of halogens is 1. The molecule has 1 atom stereocenters. The molecule has 0 bridgehead atoms. The van der Waals surface area contributed by atoms with E-state index in [9.17, 15) is 4.39 Å². The number of thiocarbonyl (C=S) groups is 1. The first-order chi connectivity index (χ1) is 9.54. The summed E-state index contributed by atoms with van der Waals surface area (Å²) in [5.41, 5.74) is 3.11. The number of hydrogen-bond acceptors (Lipinski definition) is 1. The number of nitrogens with one attached hydrogen (secondary N) is 2. The van der Waals surface area contributed by atoms with Crippen LogP contribution in [0.5, 0.6) is 0 Å². The Morgan fingerprint density at radius 3 is 2.50 bits per heavy atom. The smallest absolute Gasteiger partial charge is 0.171 e. The van der Waals surface area contributed by atoms with Gasteiger partial charge in [0.25, 0.3) is 0 Å². The average molecular weight is 288 g/mol. The van der Waals surface area contributed by atoms with Crippen LogP contribution >= 0.6 is 12.2 Å². The van der Waals surface area contributed by atoms with Crippen LogP contribution in [0.2, 0.25) is 0 Å². The van der Waals surface area contributed by atoms with Crippen LogP contribution in [0.4, 0.5) is 10.1 Å². The number of anilines is 1. The summed E-state index contributed by atoms with van der Waals surface area (Å²) in [6.45, 7) is 4.01. The SMILES string of the molecule is Cc1cccc(NC(=S)N[C@H](C)c2ccc(F)cc2)c1. The van der Waals surface area contributed by atoms with Gasteiger partial charge < -0.3 is 10.6 Å². The predicted molar refractivity (Wildman–Crippen MR) is 85.4 cm³/mol. The van der Waals surface area contributed by atoms with Crippen LogP contribution in [-0.2, 0) is 0 Å². The summed E-state index contributed by atoms with van der Waals surface area (Å²) in [5.74, 6) is -0.235. The van der Waals surface area contributed by atoms with E-state index in [1.54, 1.807) is 12.1 Å². The molecule has 0 saturated carbocycles. The second kappa shape index (κ2) is 6.48. The Morgan fingerprint density at radius 1 is 1.15 bits per heavy atom. The van der Waals surface area contributed by atoms with Gasteiger partial charge in [0.05, 0.1) is 6.04 Å².